The van der Waals surface area contributed by atoms with Crippen LogP contribution >= 0.6 is 15.9 Å². The molecule has 0 aliphatic heterocycles. The molecule has 0 spiro atoms. The maximum Gasteiger partial charge on any atom is 0.233 e. The molecule has 0 atom stereocenters. The van der Waals surface area contributed by atoms with Gasteiger partial charge in [0.25, 0.3) is 0 Å². The Bertz CT molecular complexity index is 534. The van der Waals surface area contributed by atoms with Crippen LogP contribution in [0.5, 0.6) is 5.88 Å². The van der Waals surface area contributed by atoms with E-state index < -0.39 is 0 Å². The van der Waals surface area contributed by atoms with E-state index in [4.69, 9.17) is 4.74 Å². The minimum Gasteiger partial charge on any atom is -0.477 e. The van der Waals surface area contributed by atoms with Gasteiger partial charge in [-0.3, -0.25) is 0 Å². The summed E-state index contributed by atoms with van der Waals surface area (Å²) in [6.07, 6.45) is 3.47. The quantitative estimate of drug-likeness (QED) is 0.784. The molecule has 0 saturated heterocycles. The predicted octanol–water partition coefficient (Wildman–Crippen LogP) is 3.68. The van der Waals surface area contributed by atoms with Crippen LogP contribution in [0.15, 0.2) is 41.1 Å². The maximum atomic E-state index is 5.71. The standard InChI is InChI=1S/C15H18BrN3O/c1-2-17-14-13(16)15(19-11-18-14)20-10-6-9-12-7-4-3-5-8-12/h3-5,7-8,11H,2,6,9-10H2,1H3,(H,17,18,19). The Morgan fingerprint density at radius 2 is 2.00 bits per heavy atom. The largest absolute Gasteiger partial charge is 0.477 e. The predicted molar refractivity (Wildman–Crippen MR) is 84.2 cm³/mol. The lowest BCUT2D eigenvalue weighted by Gasteiger charge is -2.10. The van der Waals surface area contributed by atoms with Gasteiger partial charge in [-0.25, -0.2) is 9.97 Å². The number of nitrogens with zero attached hydrogens (tertiary/aromatic N) is 2. The second-order valence-corrected chi connectivity index (χ2v) is 5.10. The minimum atomic E-state index is 0.587. The van der Waals surface area contributed by atoms with Crippen molar-refractivity contribution in [3.63, 3.8) is 0 Å². The number of anilines is 1. The smallest absolute Gasteiger partial charge is 0.233 e. The first-order chi connectivity index (χ1) is 9.81. The molecule has 4 nitrogen and oxygen atoms in total. The molecule has 1 aromatic heterocycles. The molecule has 0 aliphatic rings. The van der Waals surface area contributed by atoms with E-state index in [0.29, 0.717) is 12.5 Å². The van der Waals surface area contributed by atoms with E-state index in [9.17, 15) is 0 Å². The van der Waals surface area contributed by atoms with Gasteiger partial charge in [-0.05, 0) is 41.3 Å². The van der Waals surface area contributed by atoms with Crippen LogP contribution in [0.2, 0.25) is 0 Å². The van der Waals surface area contributed by atoms with E-state index in [1.165, 1.54) is 11.9 Å². The van der Waals surface area contributed by atoms with E-state index in [2.05, 4.69) is 55.5 Å². The van der Waals surface area contributed by atoms with Gasteiger partial charge in [-0.15, -0.1) is 0 Å². The fourth-order valence-corrected chi connectivity index (χ4v) is 2.29. The fraction of sp³-hybridized carbons (Fsp3) is 0.333. The van der Waals surface area contributed by atoms with Crippen molar-refractivity contribution in [3.8, 4) is 5.88 Å². The molecule has 1 heterocycles. The van der Waals surface area contributed by atoms with Gasteiger partial charge in [0.2, 0.25) is 5.88 Å². The van der Waals surface area contributed by atoms with E-state index >= 15 is 0 Å². The Morgan fingerprint density at radius 1 is 1.20 bits per heavy atom. The summed E-state index contributed by atoms with van der Waals surface area (Å²) in [6, 6.07) is 10.4. The van der Waals surface area contributed by atoms with E-state index in [1.807, 2.05) is 13.0 Å². The molecule has 0 saturated carbocycles. The molecule has 106 valence electrons. The third-order valence-corrected chi connectivity index (χ3v) is 3.51. The first kappa shape index (κ1) is 14.8. The van der Waals surface area contributed by atoms with Crippen LogP contribution in [0.3, 0.4) is 0 Å². The van der Waals surface area contributed by atoms with Gasteiger partial charge < -0.3 is 10.1 Å². The molecule has 0 radical (unpaired) electrons. The highest BCUT2D eigenvalue weighted by Gasteiger charge is 2.08. The van der Waals surface area contributed by atoms with Gasteiger partial charge in [0.15, 0.2) is 0 Å². The molecule has 0 amide bonds. The second-order valence-electron chi connectivity index (χ2n) is 4.31. The molecule has 20 heavy (non-hydrogen) atoms. The van der Waals surface area contributed by atoms with Gasteiger partial charge in [0.1, 0.15) is 16.6 Å². The number of aromatic nitrogens is 2. The molecule has 0 unspecified atom stereocenters. The lowest BCUT2D eigenvalue weighted by molar-refractivity contribution is 0.297. The highest BCUT2D eigenvalue weighted by atomic mass is 79.9. The summed E-state index contributed by atoms with van der Waals surface area (Å²) < 4.78 is 6.49. The van der Waals surface area contributed by atoms with Crippen molar-refractivity contribution < 1.29 is 4.74 Å². The van der Waals surface area contributed by atoms with E-state index in [-0.39, 0.29) is 0 Å². The first-order valence-electron chi connectivity index (χ1n) is 6.72. The van der Waals surface area contributed by atoms with Crippen molar-refractivity contribution in [2.24, 2.45) is 0 Å². The highest BCUT2D eigenvalue weighted by Crippen LogP contribution is 2.28. The minimum absolute atomic E-state index is 0.587. The highest BCUT2D eigenvalue weighted by molar-refractivity contribution is 9.10. The van der Waals surface area contributed by atoms with Crippen molar-refractivity contribution in [1.29, 1.82) is 0 Å². The summed E-state index contributed by atoms with van der Waals surface area (Å²) in [4.78, 5) is 8.30. The summed E-state index contributed by atoms with van der Waals surface area (Å²) in [5, 5.41) is 3.15. The van der Waals surface area contributed by atoms with Crippen molar-refractivity contribution >= 4 is 21.7 Å². The first-order valence-corrected chi connectivity index (χ1v) is 7.51. The van der Waals surface area contributed by atoms with Crippen LogP contribution in [0.4, 0.5) is 5.82 Å². The fourth-order valence-electron chi connectivity index (χ4n) is 1.83. The zero-order valence-electron chi connectivity index (χ0n) is 11.5. The van der Waals surface area contributed by atoms with Crippen LogP contribution < -0.4 is 10.1 Å². The number of nitrogens with one attached hydrogen (secondary N) is 1. The molecular weight excluding hydrogens is 318 g/mol. The number of hydrogen-bond donors (Lipinski definition) is 1. The average Bonchev–Trinajstić information content (AvgIpc) is 2.48. The molecule has 1 aromatic carbocycles. The monoisotopic (exact) mass is 335 g/mol. The molecule has 2 rings (SSSR count). The van der Waals surface area contributed by atoms with Gasteiger partial charge in [0, 0.05) is 6.54 Å². The van der Waals surface area contributed by atoms with Crippen LogP contribution in [0.25, 0.3) is 0 Å². The van der Waals surface area contributed by atoms with Crippen LogP contribution in [-0.2, 0) is 6.42 Å². The van der Waals surface area contributed by atoms with E-state index in [0.717, 1.165) is 29.7 Å². The molecule has 0 bridgehead atoms. The summed E-state index contributed by atoms with van der Waals surface area (Å²) in [7, 11) is 0. The Balaban J connectivity index is 1.83. The zero-order chi connectivity index (χ0) is 14.2. The number of rotatable bonds is 7. The average molecular weight is 336 g/mol. The number of benzene rings is 1. The van der Waals surface area contributed by atoms with Gasteiger partial charge in [-0.1, -0.05) is 30.3 Å². The van der Waals surface area contributed by atoms with Crippen molar-refractivity contribution in [1.82, 2.24) is 9.97 Å². The second kappa shape index (κ2) is 7.85. The van der Waals surface area contributed by atoms with Gasteiger partial charge in [0.05, 0.1) is 6.61 Å². The van der Waals surface area contributed by atoms with Crippen molar-refractivity contribution in [2.45, 2.75) is 19.8 Å². The third kappa shape index (κ3) is 4.20. The lowest BCUT2D eigenvalue weighted by atomic mass is 10.1. The van der Waals surface area contributed by atoms with Gasteiger partial charge in [-0.2, -0.15) is 0 Å². The summed E-state index contributed by atoms with van der Waals surface area (Å²) in [6.45, 7) is 3.47. The van der Waals surface area contributed by atoms with Crippen LogP contribution in [-0.4, -0.2) is 23.1 Å². The van der Waals surface area contributed by atoms with Gasteiger partial charge >= 0.3 is 0 Å². The Labute approximate surface area is 127 Å². The Hall–Kier alpha value is -1.62. The summed E-state index contributed by atoms with van der Waals surface area (Å²) >= 11 is 3.47. The zero-order valence-corrected chi connectivity index (χ0v) is 13.1. The number of ether oxygens (including phenoxy) is 1. The van der Waals surface area contributed by atoms with Crippen LogP contribution in [0, 0.1) is 0 Å². The SMILES string of the molecule is CCNc1ncnc(OCCCc2ccccc2)c1Br. The number of aryl methyl sites for hydroxylation is 1. The topological polar surface area (TPSA) is 47.0 Å². The molecule has 5 heteroatoms. The summed E-state index contributed by atoms with van der Waals surface area (Å²) in [5.74, 6) is 1.35. The van der Waals surface area contributed by atoms with Crippen molar-refractivity contribution in [3.05, 3.63) is 46.7 Å². The normalized spacial score (nSPS) is 10.3. The van der Waals surface area contributed by atoms with Crippen molar-refractivity contribution in [2.75, 3.05) is 18.5 Å². The third-order valence-electron chi connectivity index (χ3n) is 2.79. The molecule has 1 N–H and O–H groups in total. The lowest BCUT2D eigenvalue weighted by Crippen LogP contribution is -2.05. The molecule has 2 aromatic rings. The number of halogens is 1. The number of hydrogen-bond acceptors (Lipinski definition) is 4. The maximum absolute atomic E-state index is 5.71. The molecule has 0 aliphatic carbocycles. The molecular formula is C15H18BrN3O. The van der Waals surface area contributed by atoms with Crippen LogP contribution in [0.1, 0.15) is 18.9 Å². The molecule has 0 fully saturated rings. The summed E-state index contributed by atoms with van der Waals surface area (Å²) in [5.41, 5.74) is 1.33. The Kier molecular flexibility index (Phi) is 5.80. The van der Waals surface area contributed by atoms with E-state index in [1.54, 1.807) is 0 Å². The Morgan fingerprint density at radius 3 is 2.75 bits per heavy atom.